The number of rotatable bonds is 5. The van der Waals surface area contributed by atoms with Crippen molar-refractivity contribution in [2.24, 2.45) is 5.92 Å². The molecule has 1 heterocycles. The molecule has 0 radical (unpaired) electrons. The van der Waals surface area contributed by atoms with Crippen LogP contribution in [-0.2, 0) is 4.74 Å². The molecule has 0 spiro atoms. The molecule has 6 nitrogen and oxygen atoms in total. The zero-order chi connectivity index (χ0) is 15.1. The van der Waals surface area contributed by atoms with Gasteiger partial charge in [0.2, 0.25) is 0 Å². The third-order valence-corrected chi connectivity index (χ3v) is 3.91. The minimum absolute atomic E-state index is 0.142. The van der Waals surface area contributed by atoms with Crippen molar-refractivity contribution in [3.05, 3.63) is 0 Å². The van der Waals surface area contributed by atoms with E-state index in [2.05, 4.69) is 16.8 Å². The number of carbonyl (C=O) groups excluding carboxylic acids is 1. The van der Waals surface area contributed by atoms with Crippen LogP contribution in [0.2, 0.25) is 0 Å². The lowest BCUT2D eigenvalue weighted by Crippen LogP contribution is -2.46. The van der Waals surface area contributed by atoms with E-state index in [1.807, 2.05) is 27.0 Å². The molecule has 1 rings (SSSR count). The van der Waals surface area contributed by atoms with Gasteiger partial charge in [-0.05, 0) is 19.9 Å². The molecule has 1 fully saturated rings. The van der Waals surface area contributed by atoms with Gasteiger partial charge in [0, 0.05) is 32.7 Å². The minimum atomic E-state index is -0.539. The number of amides is 1. The van der Waals surface area contributed by atoms with Crippen molar-refractivity contribution in [1.82, 2.24) is 14.7 Å². The van der Waals surface area contributed by atoms with Crippen LogP contribution in [-0.4, -0.2) is 73.2 Å². The van der Waals surface area contributed by atoms with Gasteiger partial charge in [-0.1, -0.05) is 13.8 Å². The Morgan fingerprint density at radius 3 is 2.40 bits per heavy atom. The lowest BCUT2D eigenvalue weighted by atomic mass is 10.1. The smallest absolute Gasteiger partial charge is 0.423 e. The number of ether oxygens (including phenoxy) is 1. The molecule has 0 aromatic rings. The Hall–Kier alpha value is -1.32. The Labute approximate surface area is 121 Å². The molecule has 0 aromatic carbocycles. The van der Waals surface area contributed by atoms with Gasteiger partial charge in [-0.3, -0.25) is 4.90 Å². The SMILES string of the molecule is CC(C)[C@@H](C)N(C#N)C(=O)OCCN1CCN(C)CC1. The monoisotopic (exact) mass is 282 g/mol. The van der Waals surface area contributed by atoms with Crippen LogP contribution >= 0.6 is 0 Å². The second kappa shape index (κ2) is 8.08. The van der Waals surface area contributed by atoms with Crippen molar-refractivity contribution in [1.29, 1.82) is 5.26 Å². The van der Waals surface area contributed by atoms with Gasteiger partial charge in [0.05, 0.1) is 6.04 Å². The summed E-state index contributed by atoms with van der Waals surface area (Å²) in [5.41, 5.74) is 0. The summed E-state index contributed by atoms with van der Waals surface area (Å²) in [6.07, 6.45) is 1.38. The summed E-state index contributed by atoms with van der Waals surface area (Å²) in [7, 11) is 2.11. The summed E-state index contributed by atoms with van der Waals surface area (Å²) in [4.78, 5) is 17.5. The molecule has 1 amide bonds. The number of hydrogen-bond donors (Lipinski definition) is 0. The molecule has 1 aliphatic rings. The highest BCUT2D eigenvalue weighted by molar-refractivity contribution is 5.69. The van der Waals surface area contributed by atoms with Crippen LogP contribution in [0, 0.1) is 17.4 Å². The number of nitriles is 1. The first-order valence-corrected chi connectivity index (χ1v) is 7.22. The van der Waals surface area contributed by atoms with Crippen molar-refractivity contribution in [2.45, 2.75) is 26.8 Å². The van der Waals surface area contributed by atoms with E-state index in [0.29, 0.717) is 6.61 Å². The third-order valence-electron chi connectivity index (χ3n) is 3.91. The predicted molar refractivity (Wildman–Crippen MR) is 77.0 cm³/mol. The predicted octanol–water partition coefficient (Wildman–Crippen LogP) is 1.20. The van der Waals surface area contributed by atoms with Crippen LogP contribution in [0.15, 0.2) is 0 Å². The third kappa shape index (κ3) is 4.99. The van der Waals surface area contributed by atoms with Crippen LogP contribution < -0.4 is 0 Å². The molecule has 0 N–H and O–H groups in total. The molecule has 114 valence electrons. The van der Waals surface area contributed by atoms with Crippen LogP contribution in [0.5, 0.6) is 0 Å². The lowest BCUT2D eigenvalue weighted by Gasteiger charge is -2.32. The van der Waals surface area contributed by atoms with Crippen LogP contribution in [0.4, 0.5) is 4.79 Å². The second-order valence-corrected chi connectivity index (χ2v) is 5.71. The van der Waals surface area contributed by atoms with Gasteiger partial charge in [-0.2, -0.15) is 5.26 Å². The molecule has 20 heavy (non-hydrogen) atoms. The molecule has 1 atom stereocenters. The van der Waals surface area contributed by atoms with Gasteiger partial charge in [0.1, 0.15) is 6.61 Å². The van der Waals surface area contributed by atoms with Gasteiger partial charge < -0.3 is 9.64 Å². The average molecular weight is 282 g/mol. The van der Waals surface area contributed by atoms with Gasteiger partial charge in [0.15, 0.2) is 6.19 Å². The Morgan fingerprint density at radius 1 is 1.30 bits per heavy atom. The molecule has 6 heteroatoms. The van der Waals surface area contributed by atoms with Crippen LogP contribution in [0.1, 0.15) is 20.8 Å². The largest absolute Gasteiger partial charge is 0.447 e. The lowest BCUT2D eigenvalue weighted by molar-refractivity contribution is 0.0799. The number of hydrogen-bond acceptors (Lipinski definition) is 5. The highest BCUT2D eigenvalue weighted by Crippen LogP contribution is 2.10. The number of piperazine rings is 1. The van der Waals surface area contributed by atoms with E-state index >= 15 is 0 Å². The molecule has 0 aliphatic carbocycles. The standard InChI is InChI=1S/C14H26N4O2/c1-12(2)13(3)18(11-15)14(19)20-10-9-17-7-5-16(4)6-8-17/h12-13H,5-10H2,1-4H3/t13-/m1/s1. The number of carbonyl (C=O) groups is 1. The average Bonchev–Trinajstić information content (AvgIpc) is 2.41. The van der Waals surface area contributed by atoms with E-state index < -0.39 is 6.09 Å². The van der Waals surface area contributed by atoms with Crippen molar-refractivity contribution in [3.8, 4) is 6.19 Å². The summed E-state index contributed by atoms with van der Waals surface area (Å²) in [5.74, 6) is 0.222. The van der Waals surface area contributed by atoms with E-state index in [9.17, 15) is 4.79 Å². The molecule has 0 bridgehead atoms. The zero-order valence-electron chi connectivity index (χ0n) is 13.0. The van der Waals surface area contributed by atoms with E-state index in [4.69, 9.17) is 10.00 Å². The molecular formula is C14H26N4O2. The van der Waals surface area contributed by atoms with Gasteiger partial charge in [-0.15, -0.1) is 0 Å². The van der Waals surface area contributed by atoms with Gasteiger partial charge >= 0.3 is 6.09 Å². The Bertz CT molecular complexity index is 346. The first-order chi connectivity index (χ1) is 9.45. The summed E-state index contributed by atoms with van der Waals surface area (Å²) in [6, 6.07) is -0.142. The summed E-state index contributed by atoms with van der Waals surface area (Å²) < 4.78 is 5.21. The zero-order valence-corrected chi connectivity index (χ0v) is 13.0. The quantitative estimate of drug-likeness (QED) is 0.560. The fourth-order valence-corrected chi connectivity index (χ4v) is 2.00. The van der Waals surface area contributed by atoms with Crippen molar-refractivity contribution in [2.75, 3.05) is 46.4 Å². The first-order valence-electron chi connectivity index (χ1n) is 7.22. The van der Waals surface area contributed by atoms with E-state index in [1.54, 1.807) is 0 Å². The van der Waals surface area contributed by atoms with Crippen molar-refractivity contribution >= 4 is 6.09 Å². The van der Waals surface area contributed by atoms with Crippen molar-refractivity contribution < 1.29 is 9.53 Å². The van der Waals surface area contributed by atoms with Gasteiger partial charge in [0.25, 0.3) is 0 Å². The fraction of sp³-hybridized carbons (Fsp3) is 0.857. The van der Waals surface area contributed by atoms with Crippen LogP contribution in [0.25, 0.3) is 0 Å². The van der Waals surface area contributed by atoms with E-state index in [0.717, 1.165) is 37.6 Å². The maximum atomic E-state index is 11.9. The van der Waals surface area contributed by atoms with E-state index in [1.165, 1.54) is 0 Å². The summed E-state index contributed by atoms with van der Waals surface area (Å²) in [5, 5.41) is 9.05. The first kappa shape index (κ1) is 16.7. The number of likely N-dealkylation sites (N-methyl/N-ethyl adjacent to an activating group) is 1. The Morgan fingerprint density at radius 2 is 1.90 bits per heavy atom. The molecule has 1 aliphatic heterocycles. The summed E-state index contributed by atoms with van der Waals surface area (Å²) in [6.45, 7) is 11.0. The minimum Gasteiger partial charge on any atom is -0.447 e. The Kier molecular flexibility index (Phi) is 6.76. The molecular weight excluding hydrogens is 256 g/mol. The molecule has 0 unspecified atom stereocenters. The highest BCUT2D eigenvalue weighted by atomic mass is 16.6. The summed E-state index contributed by atoms with van der Waals surface area (Å²) >= 11 is 0. The molecule has 0 saturated carbocycles. The van der Waals surface area contributed by atoms with Crippen molar-refractivity contribution in [3.63, 3.8) is 0 Å². The van der Waals surface area contributed by atoms with E-state index in [-0.39, 0.29) is 12.0 Å². The molecule has 1 saturated heterocycles. The fourth-order valence-electron chi connectivity index (χ4n) is 2.00. The van der Waals surface area contributed by atoms with Gasteiger partial charge in [-0.25, -0.2) is 9.69 Å². The second-order valence-electron chi connectivity index (χ2n) is 5.71. The number of nitrogens with zero attached hydrogens (tertiary/aromatic N) is 4. The maximum Gasteiger partial charge on any atom is 0.423 e. The topological polar surface area (TPSA) is 59.8 Å². The molecule has 0 aromatic heterocycles. The maximum absolute atomic E-state index is 11.9. The highest BCUT2D eigenvalue weighted by Gasteiger charge is 2.24. The van der Waals surface area contributed by atoms with Crippen LogP contribution in [0.3, 0.4) is 0 Å². The Balaban J connectivity index is 2.30. The normalized spacial score (nSPS) is 18.6.